The van der Waals surface area contributed by atoms with Crippen LogP contribution in [-0.2, 0) is 23.7 Å². The third-order valence-electron chi connectivity index (χ3n) is 5.45. The Bertz CT molecular complexity index is 1010. The minimum Gasteiger partial charge on any atom is -0.365 e. The van der Waals surface area contributed by atoms with Gasteiger partial charge in [-0.15, -0.1) is 0 Å². The van der Waals surface area contributed by atoms with E-state index < -0.39 is 42.8 Å². The van der Waals surface area contributed by atoms with Gasteiger partial charge in [0.15, 0.2) is 12.1 Å². The van der Waals surface area contributed by atoms with E-state index in [-0.39, 0.29) is 24.0 Å². The Kier molecular flexibility index (Phi) is 7.65. The van der Waals surface area contributed by atoms with Crippen molar-refractivity contribution in [3.63, 3.8) is 0 Å². The Morgan fingerprint density at radius 3 is 2.58 bits per heavy atom. The molecule has 176 valence electrons. The van der Waals surface area contributed by atoms with Gasteiger partial charge in [-0.25, -0.2) is 0 Å². The molecule has 2 aromatic rings. The molecule has 2 aliphatic rings. The first-order chi connectivity index (χ1) is 15.8. The number of ketones is 1. The van der Waals surface area contributed by atoms with Gasteiger partial charge in [0.1, 0.15) is 31.1 Å². The fourth-order valence-corrected chi connectivity index (χ4v) is 4.16. The van der Waals surface area contributed by atoms with Crippen LogP contribution in [0.4, 0.5) is 0 Å². The third-order valence-corrected chi connectivity index (χ3v) is 6.19. The van der Waals surface area contributed by atoms with Crippen LogP contribution in [0.2, 0.25) is 10.0 Å². The number of rotatable bonds is 6. The van der Waals surface area contributed by atoms with Crippen molar-refractivity contribution < 1.29 is 28.5 Å². The number of nitrogens with two attached hydrogens (primary N) is 1. The first kappa shape index (κ1) is 24.1. The third kappa shape index (κ3) is 5.55. The van der Waals surface area contributed by atoms with Crippen LogP contribution in [0.15, 0.2) is 48.5 Å². The molecule has 4 rings (SSSR count). The molecule has 2 aromatic carbocycles. The van der Waals surface area contributed by atoms with Crippen molar-refractivity contribution >= 4 is 34.9 Å². The Morgan fingerprint density at radius 2 is 1.88 bits per heavy atom. The lowest BCUT2D eigenvalue weighted by Crippen LogP contribution is -2.69. The van der Waals surface area contributed by atoms with E-state index in [0.29, 0.717) is 10.6 Å². The molecule has 10 heteroatoms. The van der Waals surface area contributed by atoms with Gasteiger partial charge in [0.25, 0.3) is 5.91 Å². The molecular weight excluding hydrogens is 471 g/mol. The van der Waals surface area contributed by atoms with Gasteiger partial charge in [-0.3, -0.25) is 9.59 Å². The number of carbonyl (C=O) groups excluding carboxylic acids is 2. The van der Waals surface area contributed by atoms with Crippen LogP contribution in [0.25, 0.3) is 0 Å². The number of ether oxygens (including phenoxy) is 4. The molecule has 3 unspecified atom stereocenters. The van der Waals surface area contributed by atoms with E-state index >= 15 is 0 Å². The summed E-state index contributed by atoms with van der Waals surface area (Å²) in [6.45, 7) is 1.46. The van der Waals surface area contributed by atoms with E-state index in [2.05, 4.69) is 5.32 Å². The second kappa shape index (κ2) is 10.5. The summed E-state index contributed by atoms with van der Waals surface area (Å²) in [5, 5.41) is 3.42. The van der Waals surface area contributed by atoms with Gasteiger partial charge in [-0.1, -0.05) is 53.5 Å². The molecule has 0 aromatic heterocycles. The highest BCUT2D eigenvalue weighted by Crippen LogP contribution is 2.34. The monoisotopic (exact) mass is 494 g/mol. The molecule has 0 aliphatic carbocycles. The van der Waals surface area contributed by atoms with E-state index in [4.69, 9.17) is 47.9 Å². The largest absolute Gasteiger partial charge is 0.365 e. The fraction of sp³-hybridized carbons (Fsp3) is 0.391. The summed E-state index contributed by atoms with van der Waals surface area (Å²) in [6.07, 6.45) is -3.50. The maximum atomic E-state index is 12.9. The van der Waals surface area contributed by atoms with Gasteiger partial charge in [0.2, 0.25) is 0 Å². The zero-order valence-corrected chi connectivity index (χ0v) is 19.3. The molecule has 8 nitrogen and oxygen atoms in total. The van der Waals surface area contributed by atoms with Crippen LogP contribution in [0.1, 0.15) is 29.1 Å². The van der Waals surface area contributed by atoms with Gasteiger partial charge in [0, 0.05) is 11.1 Å². The van der Waals surface area contributed by atoms with E-state index in [0.717, 1.165) is 5.56 Å². The summed E-state index contributed by atoms with van der Waals surface area (Å²) in [7, 11) is 0. The van der Waals surface area contributed by atoms with E-state index in [9.17, 15) is 9.59 Å². The van der Waals surface area contributed by atoms with Crippen molar-refractivity contribution in [3.05, 3.63) is 69.7 Å². The van der Waals surface area contributed by atoms with Gasteiger partial charge in [-0.2, -0.15) is 0 Å². The quantitative estimate of drug-likeness (QED) is 0.635. The number of fused-ring (bicyclic) bond motifs is 1. The Morgan fingerprint density at radius 1 is 1.12 bits per heavy atom. The first-order valence-electron chi connectivity index (χ1n) is 10.4. The molecular formula is C23H24Cl2N2O6. The lowest BCUT2D eigenvalue weighted by Gasteiger charge is -2.48. The molecule has 0 saturated carbocycles. The molecule has 33 heavy (non-hydrogen) atoms. The summed E-state index contributed by atoms with van der Waals surface area (Å²) >= 11 is 12.0. The highest BCUT2D eigenvalue weighted by atomic mass is 35.5. The van der Waals surface area contributed by atoms with Crippen molar-refractivity contribution in [3.8, 4) is 0 Å². The van der Waals surface area contributed by atoms with Crippen LogP contribution in [0, 0.1) is 0 Å². The summed E-state index contributed by atoms with van der Waals surface area (Å²) < 4.78 is 23.8. The van der Waals surface area contributed by atoms with Gasteiger partial charge < -0.3 is 30.0 Å². The number of benzene rings is 2. The highest BCUT2D eigenvalue weighted by molar-refractivity contribution is 6.42. The number of hydrogen-bond acceptors (Lipinski definition) is 7. The molecule has 1 amide bonds. The second-order valence-electron chi connectivity index (χ2n) is 7.92. The predicted octanol–water partition coefficient (Wildman–Crippen LogP) is 2.86. The van der Waals surface area contributed by atoms with Gasteiger partial charge in [0.05, 0.1) is 22.7 Å². The lowest BCUT2D eigenvalue weighted by molar-refractivity contribution is -0.318. The number of amides is 1. The summed E-state index contributed by atoms with van der Waals surface area (Å²) in [5.41, 5.74) is 7.37. The number of nitrogens with one attached hydrogen (secondary N) is 1. The smallest absolute Gasteiger partial charge is 0.251 e. The van der Waals surface area contributed by atoms with Crippen molar-refractivity contribution in [2.24, 2.45) is 5.73 Å². The SMILES string of the molecule is CC(=O)CO[C@@H]1C(NC(=O)c2ccc(Cl)c(Cl)c2)[C@H](N)OC2COC(c3ccccc3)O[C@@H]21. The molecule has 0 radical (unpaired) electrons. The fourth-order valence-electron chi connectivity index (χ4n) is 3.86. The standard InChI is InChI=1S/C23H24Cl2N2O6/c1-12(28)10-30-20-18(27-22(29)14-7-8-15(24)16(25)9-14)21(26)32-17-11-31-23(33-19(17)20)13-5-3-2-4-6-13/h2-9,17-21,23H,10-11,26H2,1H3,(H,27,29)/t17?,18?,19-,20+,21+,23?/m0/s1. The zero-order valence-electron chi connectivity index (χ0n) is 17.8. The van der Waals surface area contributed by atoms with Crippen molar-refractivity contribution in [1.29, 1.82) is 0 Å². The number of halogens is 2. The summed E-state index contributed by atoms with van der Waals surface area (Å²) in [5.74, 6) is -0.619. The van der Waals surface area contributed by atoms with Crippen LogP contribution < -0.4 is 11.1 Å². The molecule has 3 N–H and O–H groups in total. The Balaban J connectivity index is 1.57. The normalized spacial score (nSPS) is 29.2. The Labute approximate surface area is 201 Å². The van der Waals surface area contributed by atoms with Gasteiger partial charge in [-0.05, 0) is 25.1 Å². The van der Waals surface area contributed by atoms with Crippen molar-refractivity contribution in [1.82, 2.24) is 5.32 Å². The summed E-state index contributed by atoms with van der Waals surface area (Å²) in [4.78, 5) is 24.6. The number of Topliss-reactive ketones (excluding diaryl/α,β-unsaturated/α-hetero) is 1. The topological polar surface area (TPSA) is 109 Å². The average Bonchev–Trinajstić information content (AvgIpc) is 2.80. The van der Waals surface area contributed by atoms with Gasteiger partial charge >= 0.3 is 0 Å². The number of carbonyl (C=O) groups is 2. The van der Waals surface area contributed by atoms with E-state index in [1.54, 1.807) is 6.07 Å². The molecule has 2 heterocycles. The maximum Gasteiger partial charge on any atom is 0.251 e. The molecule has 2 aliphatic heterocycles. The predicted molar refractivity (Wildman–Crippen MR) is 121 cm³/mol. The minimum absolute atomic E-state index is 0.167. The number of hydrogen-bond donors (Lipinski definition) is 2. The van der Waals surface area contributed by atoms with E-state index in [1.807, 2.05) is 30.3 Å². The zero-order chi connectivity index (χ0) is 23.5. The Hall–Kier alpha value is -2.04. The molecule has 6 atom stereocenters. The second-order valence-corrected chi connectivity index (χ2v) is 8.74. The molecule has 0 spiro atoms. The van der Waals surface area contributed by atoms with Crippen molar-refractivity contribution in [2.45, 2.75) is 43.8 Å². The van der Waals surface area contributed by atoms with Crippen LogP contribution in [-0.4, -0.2) is 55.5 Å². The summed E-state index contributed by atoms with van der Waals surface area (Å²) in [6, 6.07) is 13.2. The molecule has 2 fully saturated rings. The van der Waals surface area contributed by atoms with E-state index in [1.165, 1.54) is 19.1 Å². The average molecular weight is 495 g/mol. The molecule has 2 saturated heterocycles. The maximum absolute atomic E-state index is 12.9. The van der Waals surface area contributed by atoms with Crippen LogP contribution in [0.5, 0.6) is 0 Å². The lowest BCUT2D eigenvalue weighted by atomic mass is 9.94. The van der Waals surface area contributed by atoms with Crippen molar-refractivity contribution in [2.75, 3.05) is 13.2 Å². The molecule has 0 bridgehead atoms. The highest BCUT2D eigenvalue weighted by Gasteiger charge is 2.50. The first-order valence-corrected chi connectivity index (χ1v) is 11.2. The minimum atomic E-state index is -0.921. The van der Waals surface area contributed by atoms with Crippen LogP contribution >= 0.6 is 23.2 Å². The van der Waals surface area contributed by atoms with Crippen LogP contribution in [0.3, 0.4) is 0 Å².